The maximum atomic E-state index is 11.3. The highest BCUT2D eigenvalue weighted by atomic mass is 16.2. The van der Waals surface area contributed by atoms with Crippen LogP contribution in [0.1, 0.15) is 19.5 Å². The molecule has 20 heavy (non-hydrogen) atoms. The predicted octanol–water partition coefficient (Wildman–Crippen LogP) is 0.0393. The predicted molar refractivity (Wildman–Crippen MR) is 77.2 cm³/mol. The Hall–Kier alpha value is -2.05. The Labute approximate surface area is 119 Å². The van der Waals surface area contributed by atoms with Gasteiger partial charge in [0.15, 0.2) is 5.96 Å². The van der Waals surface area contributed by atoms with E-state index in [2.05, 4.69) is 32.3 Å². The minimum absolute atomic E-state index is 0.143. The first kappa shape index (κ1) is 14.4. The molecule has 0 atom stereocenters. The van der Waals surface area contributed by atoms with E-state index in [9.17, 15) is 4.79 Å². The Morgan fingerprint density at radius 2 is 2.10 bits per heavy atom. The molecule has 7 nitrogen and oxygen atoms in total. The molecule has 7 heteroatoms. The van der Waals surface area contributed by atoms with Gasteiger partial charge in [-0.25, -0.2) is 4.99 Å². The van der Waals surface area contributed by atoms with Gasteiger partial charge in [0, 0.05) is 45.8 Å². The molecule has 0 saturated carbocycles. The van der Waals surface area contributed by atoms with Crippen LogP contribution >= 0.6 is 0 Å². The van der Waals surface area contributed by atoms with Crippen LogP contribution in [-0.4, -0.2) is 64.6 Å². The first-order valence-electron chi connectivity index (χ1n) is 6.97. The fraction of sp³-hybridized carbons (Fsp3) is 0.615. The van der Waals surface area contributed by atoms with Crippen molar-refractivity contribution in [2.24, 2.45) is 4.99 Å². The van der Waals surface area contributed by atoms with E-state index in [1.807, 2.05) is 11.0 Å². The number of rotatable bonds is 3. The van der Waals surface area contributed by atoms with Gasteiger partial charge in [-0.05, 0) is 13.0 Å². The van der Waals surface area contributed by atoms with E-state index in [4.69, 9.17) is 0 Å². The van der Waals surface area contributed by atoms with Crippen molar-refractivity contribution < 1.29 is 4.79 Å². The van der Waals surface area contributed by atoms with Gasteiger partial charge < -0.3 is 15.1 Å². The van der Waals surface area contributed by atoms with Gasteiger partial charge in [0.2, 0.25) is 5.91 Å². The summed E-state index contributed by atoms with van der Waals surface area (Å²) in [6, 6.07) is 1.92. The topological polar surface area (TPSA) is 76.6 Å². The molecule has 0 aliphatic carbocycles. The minimum Gasteiger partial charge on any atom is -0.357 e. The third-order valence-corrected chi connectivity index (χ3v) is 3.32. The number of piperazine rings is 1. The van der Waals surface area contributed by atoms with Gasteiger partial charge in [-0.1, -0.05) is 0 Å². The molecule has 2 rings (SSSR count). The zero-order chi connectivity index (χ0) is 14.4. The highest BCUT2D eigenvalue weighted by Crippen LogP contribution is 2.04. The van der Waals surface area contributed by atoms with Crippen molar-refractivity contribution in [3.05, 3.63) is 18.0 Å². The van der Waals surface area contributed by atoms with Gasteiger partial charge in [-0.15, -0.1) is 0 Å². The summed E-state index contributed by atoms with van der Waals surface area (Å²) in [6.07, 6.45) is 1.73. The standard InChI is InChI=1S/C13H22N6O/c1-3-14-13(15-10-12-4-5-16-17-12)19-8-6-18(7-9-19)11(2)20/h4-5H,3,6-10H2,1-2H3,(H,14,15)(H,16,17). The average molecular weight is 278 g/mol. The molecule has 1 aliphatic heterocycles. The Bertz CT molecular complexity index is 447. The number of hydrogen-bond donors (Lipinski definition) is 2. The fourth-order valence-corrected chi connectivity index (χ4v) is 2.19. The zero-order valence-corrected chi connectivity index (χ0v) is 12.1. The summed E-state index contributed by atoms with van der Waals surface area (Å²) in [5.41, 5.74) is 0.989. The second-order valence-electron chi connectivity index (χ2n) is 4.75. The van der Waals surface area contributed by atoms with Gasteiger partial charge in [-0.3, -0.25) is 9.89 Å². The molecule has 1 saturated heterocycles. The van der Waals surface area contributed by atoms with Crippen molar-refractivity contribution in [1.82, 2.24) is 25.3 Å². The average Bonchev–Trinajstić information content (AvgIpc) is 2.97. The molecule has 0 aromatic carbocycles. The molecular formula is C13H22N6O. The molecule has 110 valence electrons. The second-order valence-corrected chi connectivity index (χ2v) is 4.75. The number of H-pyrrole nitrogens is 1. The SMILES string of the molecule is CCNC(=NCc1ccn[nH]1)N1CCN(C(C)=O)CC1. The Balaban J connectivity index is 1.95. The Morgan fingerprint density at radius 1 is 1.40 bits per heavy atom. The van der Waals surface area contributed by atoms with Gasteiger partial charge in [0.25, 0.3) is 0 Å². The maximum Gasteiger partial charge on any atom is 0.219 e. The van der Waals surface area contributed by atoms with Crippen LogP contribution in [0, 0.1) is 0 Å². The van der Waals surface area contributed by atoms with Crippen LogP contribution in [0.5, 0.6) is 0 Å². The van der Waals surface area contributed by atoms with E-state index in [-0.39, 0.29) is 5.91 Å². The Morgan fingerprint density at radius 3 is 2.65 bits per heavy atom. The highest BCUT2D eigenvalue weighted by Gasteiger charge is 2.20. The quantitative estimate of drug-likeness (QED) is 0.604. The van der Waals surface area contributed by atoms with E-state index in [1.165, 1.54) is 0 Å². The summed E-state index contributed by atoms with van der Waals surface area (Å²) < 4.78 is 0. The number of hydrogen-bond acceptors (Lipinski definition) is 3. The van der Waals surface area contributed by atoms with Gasteiger partial charge in [-0.2, -0.15) is 5.10 Å². The summed E-state index contributed by atoms with van der Waals surface area (Å²) in [4.78, 5) is 20.0. The summed E-state index contributed by atoms with van der Waals surface area (Å²) in [5, 5.41) is 10.1. The van der Waals surface area contributed by atoms with E-state index in [0.717, 1.165) is 44.4 Å². The molecule has 1 aromatic rings. The molecule has 2 heterocycles. The molecule has 0 radical (unpaired) electrons. The lowest BCUT2D eigenvalue weighted by atomic mass is 10.3. The van der Waals surface area contributed by atoms with Crippen molar-refractivity contribution in [2.45, 2.75) is 20.4 Å². The smallest absolute Gasteiger partial charge is 0.219 e. The molecule has 1 amide bonds. The number of nitrogens with zero attached hydrogens (tertiary/aromatic N) is 4. The van der Waals surface area contributed by atoms with Crippen LogP contribution in [-0.2, 0) is 11.3 Å². The van der Waals surface area contributed by atoms with Crippen molar-refractivity contribution in [3.63, 3.8) is 0 Å². The van der Waals surface area contributed by atoms with E-state index < -0.39 is 0 Å². The summed E-state index contributed by atoms with van der Waals surface area (Å²) in [5.74, 6) is 1.04. The number of aliphatic imine (C=N–C) groups is 1. The molecule has 0 bridgehead atoms. The third kappa shape index (κ3) is 3.72. The fourth-order valence-electron chi connectivity index (χ4n) is 2.19. The first-order chi connectivity index (χ1) is 9.70. The molecule has 0 unspecified atom stereocenters. The largest absolute Gasteiger partial charge is 0.357 e. The number of guanidine groups is 1. The molecule has 0 spiro atoms. The lowest BCUT2D eigenvalue weighted by molar-refractivity contribution is -0.130. The van der Waals surface area contributed by atoms with E-state index in [1.54, 1.807) is 13.1 Å². The summed E-state index contributed by atoms with van der Waals surface area (Å²) in [7, 11) is 0. The van der Waals surface area contributed by atoms with E-state index >= 15 is 0 Å². The van der Waals surface area contributed by atoms with Crippen molar-refractivity contribution in [3.8, 4) is 0 Å². The van der Waals surface area contributed by atoms with Crippen LogP contribution in [0.25, 0.3) is 0 Å². The normalized spacial score (nSPS) is 16.4. The number of amides is 1. The van der Waals surface area contributed by atoms with Crippen molar-refractivity contribution in [1.29, 1.82) is 0 Å². The van der Waals surface area contributed by atoms with Crippen molar-refractivity contribution >= 4 is 11.9 Å². The molecule has 1 aromatic heterocycles. The number of aromatic nitrogens is 2. The number of nitrogens with one attached hydrogen (secondary N) is 2. The van der Waals surface area contributed by atoms with Crippen LogP contribution in [0.3, 0.4) is 0 Å². The summed E-state index contributed by atoms with van der Waals surface area (Å²) >= 11 is 0. The maximum absolute atomic E-state index is 11.3. The summed E-state index contributed by atoms with van der Waals surface area (Å²) in [6.45, 7) is 8.21. The van der Waals surface area contributed by atoms with Gasteiger partial charge in [0.05, 0.1) is 12.2 Å². The number of carbonyl (C=O) groups is 1. The zero-order valence-electron chi connectivity index (χ0n) is 12.1. The number of aromatic amines is 1. The second kappa shape index (κ2) is 6.93. The van der Waals surface area contributed by atoms with Gasteiger partial charge in [0.1, 0.15) is 0 Å². The monoisotopic (exact) mass is 278 g/mol. The molecule has 1 aliphatic rings. The minimum atomic E-state index is 0.143. The molecular weight excluding hydrogens is 256 g/mol. The lowest BCUT2D eigenvalue weighted by Crippen LogP contribution is -2.53. The van der Waals surface area contributed by atoms with Crippen LogP contribution in [0.15, 0.2) is 17.3 Å². The van der Waals surface area contributed by atoms with Crippen molar-refractivity contribution in [2.75, 3.05) is 32.7 Å². The Kier molecular flexibility index (Phi) is 4.97. The van der Waals surface area contributed by atoms with Crippen LogP contribution in [0.2, 0.25) is 0 Å². The van der Waals surface area contributed by atoms with Crippen LogP contribution < -0.4 is 5.32 Å². The van der Waals surface area contributed by atoms with Gasteiger partial charge >= 0.3 is 0 Å². The lowest BCUT2D eigenvalue weighted by Gasteiger charge is -2.36. The number of carbonyl (C=O) groups excluding carboxylic acids is 1. The third-order valence-electron chi connectivity index (χ3n) is 3.32. The molecule has 2 N–H and O–H groups in total. The van der Waals surface area contributed by atoms with E-state index in [0.29, 0.717) is 6.54 Å². The highest BCUT2D eigenvalue weighted by molar-refractivity contribution is 5.80. The first-order valence-corrected chi connectivity index (χ1v) is 6.97. The molecule has 1 fully saturated rings. The van der Waals surface area contributed by atoms with Crippen LogP contribution in [0.4, 0.5) is 0 Å².